The number of methoxy groups -OCH3 is 1. The number of nitrogens with two attached hydrogens (primary N) is 1. The number of furan rings is 1. The SMILES string of the molecule is COC(=O)c1c(Cl)ccc(-c2ccc(C)o2)c1N. The number of ether oxygens (including phenoxy) is 1. The van der Waals surface area contributed by atoms with Gasteiger partial charge in [0.1, 0.15) is 17.1 Å². The van der Waals surface area contributed by atoms with Gasteiger partial charge in [0.25, 0.3) is 0 Å². The summed E-state index contributed by atoms with van der Waals surface area (Å²) in [4.78, 5) is 11.6. The van der Waals surface area contributed by atoms with Gasteiger partial charge in [0, 0.05) is 5.56 Å². The summed E-state index contributed by atoms with van der Waals surface area (Å²) in [6.45, 7) is 1.83. The molecule has 0 radical (unpaired) electrons. The van der Waals surface area contributed by atoms with Gasteiger partial charge in [-0.05, 0) is 31.2 Å². The third-order valence-corrected chi connectivity index (χ3v) is 2.90. The molecule has 0 amide bonds. The van der Waals surface area contributed by atoms with Crippen molar-refractivity contribution in [1.29, 1.82) is 0 Å². The van der Waals surface area contributed by atoms with Gasteiger partial charge in [0.2, 0.25) is 0 Å². The molecule has 1 aromatic carbocycles. The monoisotopic (exact) mass is 265 g/mol. The quantitative estimate of drug-likeness (QED) is 0.668. The number of aryl methyl sites for hydroxylation is 1. The van der Waals surface area contributed by atoms with Crippen molar-refractivity contribution < 1.29 is 13.9 Å². The molecular formula is C13H12ClNO3. The van der Waals surface area contributed by atoms with Crippen molar-refractivity contribution in [3.63, 3.8) is 0 Å². The van der Waals surface area contributed by atoms with E-state index in [4.69, 9.17) is 21.8 Å². The van der Waals surface area contributed by atoms with Crippen LogP contribution in [-0.4, -0.2) is 13.1 Å². The first kappa shape index (κ1) is 12.5. The molecule has 0 atom stereocenters. The first-order valence-corrected chi connectivity index (χ1v) is 5.65. The van der Waals surface area contributed by atoms with Crippen LogP contribution in [0.1, 0.15) is 16.1 Å². The largest absolute Gasteiger partial charge is 0.465 e. The molecule has 94 valence electrons. The molecule has 2 rings (SSSR count). The van der Waals surface area contributed by atoms with Crippen LogP contribution in [0.4, 0.5) is 5.69 Å². The van der Waals surface area contributed by atoms with Crippen LogP contribution in [-0.2, 0) is 4.74 Å². The fraction of sp³-hybridized carbons (Fsp3) is 0.154. The van der Waals surface area contributed by atoms with E-state index in [1.165, 1.54) is 7.11 Å². The van der Waals surface area contributed by atoms with Gasteiger partial charge in [-0.1, -0.05) is 11.6 Å². The van der Waals surface area contributed by atoms with Crippen LogP contribution in [0.25, 0.3) is 11.3 Å². The first-order valence-electron chi connectivity index (χ1n) is 5.27. The Morgan fingerprint density at radius 1 is 1.33 bits per heavy atom. The number of hydrogen-bond acceptors (Lipinski definition) is 4. The minimum absolute atomic E-state index is 0.158. The van der Waals surface area contributed by atoms with Gasteiger partial charge in [-0.2, -0.15) is 0 Å². The molecule has 0 saturated heterocycles. The van der Waals surface area contributed by atoms with Gasteiger partial charge in [0.05, 0.1) is 17.8 Å². The zero-order valence-electron chi connectivity index (χ0n) is 9.99. The molecular weight excluding hydrogens is 254 g/mol. The predicted molar refractivity (Wildman–Crippen MR) is 69.6 cm³/mol. The standard InChI is InChI=1S/C13H12ClNO3/c1-7-3-6-10(18-7)8-4-5-9(14)11(12(8)15)13(16)17-2/h3-6H,15H2,1-2H3. The van der Waals surface area contributed by atoms with Gasteiger partial charge in [-0.3, -0.25) is 0 Å². The van der Waals surface area contributed by atoms with E-state index in [1.54, 1.807) is 18.2 Å². The Labute approximate surface area is 109 Å². The molecule has 2 N–H and O–H groups in total. The average Bonchev–Trinajstić information content (AvgIpc) is 2.75. The zero-order valence-corrected chi connectivity index (χ0v) is 10.7. The Morgan fingerprint density at radius 2 is 2.06 bits per heavy atom. The molecule has 0 aliphatic carbocycles. The lowest BCUT2D eigenvalue weighted by Gasteiger charge is -2.09. The van der Waals surface area contributed by atoms with Crippen LogP contribution < -0.4 is 5.73 Å². The number of halogens is 1. The highest BCUT2D eigenvalue weighted by Gasteiger charge is 2.19. The van der Waals surface area contributed by atoms with Crippen molar-refractivity contribution in [2.45, 2.75) is 6.92 Å². The molecule has 1 heterocycles. The molecule has 0 aliphatic heterocycles. The molecule has 0 aliphatic rings. The lowest BCUT2D eigenvalue weighted by atomic mass is 10.1. The number of hydrogen-bond donors (Lipinski definition) is 1. The summed E-state index contributed by atoms with van der Waals surface area (Å²) in [5.41, 5.74) is 6.99. The van der Waals surface area contributed by atoms with Gasteiger partial charge < -0.3 is 14.9 Å². The second-order valence-corrected chi connectivity index (χ2v) is 4.19. The molecule has 0 spiro atoms. The summed E-state index contributed by atoms with van der Waals surface area (Å²) >= 11 is 5.96. The first-order chi connectivity index (χ1) is 8.54. The Bertz CT molecular complexity index is 604. The number of rotatable bonds is 2. The van der Waals surface area contributed by atoms with Crippen molar-refractivity contribution in [3.8, 4) is 11.3 Å². The van der Waals surface area contributed by atoms with Crippen molar-refractivity contribution in [2.24, 2.45) is 0 Å². The summed E-state index contributed by atoms with van der Waals surface area (Å²) in [5, 5.41) is 0.256. The Balaban J connectivity index is 2.61. The average molecular weight is 266 g/mol. The Hall–Kier alpha value is -1.94. The van der Waals surface area contributed by atoms with Gasteiger partial charge in [0.15, 0.2) is 0 Å². The van der Waals surface area contributed by atoms with E-state index in [9.17, 15) is 4.79 Å². The minimum Gasteiger partial charge on any atom is -0.465 e. The van der Waals surface area contributed by atoms with Gasteiger partial charge in [-0.15, -0.1) is 0 Å². The van der Waals surface area contributed by atoms with Crippen LogP contribution in [0.5, 0.6) is 0 Å². The molecule has 0 fully saturated rings. The number of carbonyl (C=O) groups is 1. The third kappa shape index (κ3) is 2.07. The number of carbonyl (C=O) groups excluding carboxylic acids is 1. The van der Waals surface area contributed by atoms with Crippen molar-refractivity contribution >= 4 is 23.3 Å². The summed E-state index contributed by atoms with van der Waals surface area (Å²) in [5.74, 6) is 0.786. The second kappa shape index (κ2) is 4.74. The highest BCUT2D eigenvalue weighted by molar-refractivity contribution is 6.34. The molecule has 0 saturated carbocycles. The number of esters is 1. The van der Waals surface area contributed by atoms with Crippen LogP contribution in [0.15, 0.2) is 28.7 Å². The van der Waals surface area contributed by atoms with E-state index in [1.807, 2.05) is 13.0 Å². The second-order valence-electron chi connectivity index (χ2n) is 3.79. The maximum Gasteiger partial charge on any atom is 0.341 e. The Kier molecular flexibility index (Phi) is 3.30. The van der Waals surface area contributed by atoms with Crippen molar-refractivity contribution in [1.82, 2.24) is 0 Å². The van der Waals surface area contributed by atoms with E-state index in [0.29, 0.717) is 11.3 Å². The van der Waals surface area contributed by atoms with E-state index in [2.05, 4.69) is 4.74 Å². The number of nitrogen functional groups attached to an aromatic ring is 1. The van der Waals surface area contributed by atoms with E-state index in [-0.39, 0.29) is 16.3 Å². The maximum absolute atomic E-state index is 11.6. The molecule has 4 nitrogen and oxygen atoms in total. The Morgan fingerprint density at radius 3 is 2.61 bits per heavy atom. The fourth-order valence-electron chi connectivity index (χ4n) is 1.70. The lowest BCUT2D eigenvalue weighted by molar-refractivity contribution is 0.0602. The summed E-state index contributed by atoms with van der Waals surface area (Å²) in [7, 11) is 1.28. The molecule has 0 bridgehead atoms. The highest BCUT2D eigenvalue weighted by atomic mass is 35.5. The van der Waals surface area contributed by atoms with E-state index in [0.717, 1.165) is 5.76 Å². The van der Waals surface area contributed by atoms with Crippen molar-refractivity contribution in [3.05, 3.63) is 40.6 Å². The number of benzene rings is 1. The summed E-state index contributed by atoms with van der Waals surface area (Å²) in [6, 6.07) is 6.91. The van der Waals surface area contributed by atoms with Crippen LogP contribution in [0.2, 0.25) is 5.02 Å². The van der Waals surface area contributed by atoms with Crippen molar-refractivity contribution in [2.75, 3.05) is 12.8 Å². The normalized spacial score (nSPS) is 10.4. The zero-order chi connectivity index (χ0) is 13.3. The summed E-state index contributed by atoms with van der Waals surface area (Å²) < 4.78 is 10.1. The van der Waals surface area contributed by atoms with E-state index < -0.39 is 5.97 Å². The van der Waals surface area contributed by atoms with Gasteiger partial charge >= 0.3 is 5.97 Å². The lowest BCUT2D eigenvalue weighted by Crippen LogP contribution is -2.07. The molecule has 18 heavy (non-hydrogen) atoms. The molecule has 0 unspecified atom stereocenters. The van der Waals surface area contributed by atoms with Crippen LogP contribution in [0.3, 0.4) is 0 Å². The predicted octanol–water partition coefficient (Wildman–Crippen LogP) is 3.28. The fourth-order valence-corrected chi connectivity index (χ4v) is 1.94. The van der Waals surface area contributed by atoms with Crippen LogP contribution >= 0.6 is 11.6 Å². The molecule has 1 aromatic heterocycles. The molecule has 2 aromatic rings. The minimum atomic E-state index is -0.567. The van der Waals surface area contributed by atoms with Crippen LogP contribution in [0, 0.1) is 6.92 Å². The third-order valence-electron chi connectivity index (χ3n) is 2.59. The van der Waals surface area contributed by atoms with E-state index >= 15 is 0 Å². The summed E-state index contributed by atoms with van der Waals surface area (Å²) in [6.07, 6.45) is 0. The highest BCUT2D eigenvalue weighted by Crippen LogP contribution is 2.34. The van der Waals surface area contributed by atoms with Gasteiger partial charge in [-0.25, -0.2) is 4.79 Å². The number of anilines is 1. The topological polar surface area (TPSA) is 65.5 Å². The molecule has 5 heteroatoms. The maximum atomic E-state index is 11.6. The smallest absolute Gasteiger partial charge is 0.341 e.